The van der Waals surface area contributed by atoms with Crippen molar-refractivity contribution in [2.75, 3.05) is 24.2 Å². The third-order valence-corrected chi connectivity index (χ3v) is 3.73. The molecule has 0 aromatic heterocycles. The molecule has 0 fully saturated rings. The van der Waals surface area contributed by atoms with Gasteiger partial charge in [0.05, 0.1) is 12.4 Å². The Kier molecular flexibility index (Phi) is 6.11. The average molecular weight is 273 g/mol. The van der Waals surface area contributed by atoms with E-state index in [1.165, 1.54) is 0 Å². The highest BCUT2D eigenvalue weighted by Crippen LogP contribution is 2.12. The number of nitrogens with one attached hydrogen (secondary N) is 1. The van der Waals surface area contributed by atoms with E-state index in [9.17, 15) is 8.42 Å². The van der Waals surface area contributed by atoms with Gasteiger partial charge in [0.15, 0.2) is 0 Å². The molecule has 0 aliphatic heterocycles. The SMILES string of the molecule is COCc1ccc(NS(=O)(=O)CCCCO)cc1. The molecule has 5 nitrogen and oxygen atoms in total. The molecule has 6 heteroatoms. The van der Waals surface area contributed by atoms with Crippen molar-refractivity contribution >= 4 is 15.7 Å². The van der Waals surface area contributed by atoms with Gasteiger partial charge >= 0.3 is 0 Å². The standard InChI is InChI=1S/C12H19NO4S/c1-17-10-11-4-6-12(7-5-11)13-18(15,16)9-3-2-8-14/h4-7,13-14H,2-3,8-10H2,1H3. The van der Waals surface area contributed by atoms with Crippen LogP contribution in [-0.2, 0) is 21.4 Å². The predicted molar refractivity (Wildman–Crippen MR) is 70.9 cm³/mol. The number of sulfonamides is 1. The van der Waals surface area contributed by atoms with Crippen LogP contribution < -0.4 is 4.72 Å². The van der Waals surface area contributed by atoms with E-state index in [-0.39, 0.29) is 12.4 Å². The summed E-state index contributed by atoms with van der Waals surface area (Å²) in [4.78, 5) is 0. The van der Waals surface area contributed by atoms with Crippen LogP contribution in [0.4, 0.5) is 5.69 Å². The molecule has 102 valence electrons. The molecular formula is C12H19NO4S. The first-order valence-electron chi connectivity index (χ1n) is 5.76. The van der Waals surface area contributed by atoms with Crippen molar-refractivity contribution < 1.29 is 18.3 Å². The molecule has 0 saturated heterocycles. The minimum Gasteiger partial charge on any atom is -0.396 e. The van der Waals surface area contributed by atoms with Gasteiger partial charge in [-0.15, -0.1) is 0 Å². The number of benzene rings is 1. The summed E-state index contributed by atoms with van der Waals surface area (Å²) in [5.74, 6) is 0.0212. The molecule has 0 atom stereocenters. The second-order valence-electron chi connectivity index (χ2n) is 3.98. The summed E-state index contributed by atoms with van der Waals surface area (Å²) in [5.41, 5.74) is 1.53. The van der Waals surface area contributed by atoms with Gasteiger partial charge < -0.3 is 9.84 Å². The highest BCUT2D eigenvalue weighted by molar-refractivity contribution is 7.92. The minimum atomic E-state index is -3.32. The van der Waals surface area contributed by atoms with Crippen LogP contribution in [0.2, 0.25) is 0 Å². The number of aliphatic hydroxyl groups excluding tert-OH is 1. The minimum absolute atomic E-state index is 0.0151. The number of methoxy groups -OCH3 is 1. The average Bonchev–Trinajstić information content (AvgIpc) is 2.32. The van der Waals surface area contributed by atoms with Crippen LogP contribution in [0.1, 0.15) is 18.4 Å². The molecule has 0 saturated carbocycles. The van der Waals surface area contributed by atoms with E-state index in [0.717, 1.165) is 5.56 Å². The quantitative estimate of drug-likeness (QED) is 0.701. The third kappa shape index (κ3) is 5.48. The Morgan fingerprint density at radius 3 is 2.44 bits per heavy atom. The molecular weight excluding hydrogens is 254 g/mol. The summed E-state index contributed by atoms with van der Waals surface area (Å²) in [5, 5.41) is 8.61. The Balaban J connectivity index is 2.55. The summed E-state index contributed by atoms with van der Waals surface area (Å²) >= 11 is 0. The van der Waals surface area contributed by atoms with Crippen molar-refractivity contribution in [2.24, 2.45) is 0 Å². The van der Waals surface area contributed by atoms with Gasteiger partial charge in [-0.25, -0.2) is 8.42 Å². The second-order valence-corrected chi connectivity index (χ2v) is 5.82. The first kappa shape index (κ1) is 14.9. The molecule has 1 aromatic rings. The lowest BCUT2D eigenvalue weighted by atomic mass is 10.2. The molecule has 0 radical (unpaired) electrons. The van der Waals surface area contributed by atoms with Gasteiger partial charge in [0.1, 0.15) is 0 Å². The van der Waals surface area contributed by atoms with E-state index in [0.29, 0.717) is 25.1 Å². The molecule has 0 unspecified atom stereocenters. The van der Waals surface area contributed by atoms with Crippen molar-refractivity contribution in [1.29, 1.82) is 0 Å². The van der Waals surface area contributed by atoms with Gasteiger partial charge in [0.2, 0.25) is 10.0 Å². The van der Waals surface area contributed by atoms with E-state index in [4.69, 9.17) is 9.84 Å². The van der Waals surface area contributed by atoms with E-state index in [1.54, 1.807) is 19.2 Å². The fraction of sp³-hybridized carbons (Fsp3) is 0.500. The summed E-state index contributed by atoms with van der Waals surface area (Å²) in [7, 11) is -1.72. The van der Waals surface area contributed by atoms with Gasteiger partial charge in [-0.3, -0.25) is 4.72 Å². The van der Waals surface area contributed by atoms with Crippen LogP contribution >= 0.6 is 0 Å². The van der Waals surface area contributed by atoms with E-state index < -0.39 is 10.0 Å². The molecule has 1 rings (SSSR count). The number of unbranched alkanes of at least 4 members (excludes halogenated alkanes) is 1. The highest BCUT2D eigenvalue weighted by Gasteiger charge is 2.09. The number of aliphatic hydroxyl groups is 1. The zero-order valence-corrected chi connectivity index (χ0v) is 11.2. The maximum Gasteiger partial charge on any atom is 0.232 e. The van der Waals surface area contributed by atoms with Gasteiger partial charge in [-0.1, -0.05) is 12.1 Å². The zero-order chi connectivity index (χ0) is 13.4. The monoisotopic (exact) mass is 273 g/mol. The van der Waals surface area contributed by atoms with Crippen molar-refractivity contribution in [3.63, 3.8) is 0 Å². The maximum atomic E-state index is 11.7. The first-order chi connectivity index (χ1) is 8.57. The Bertz CT molecular complexity index is 442. The molecule has 2 N–H and O–H groups in total. The molecule has 0 bridgehead atoms. The van der Waals surface area contributed by atoms with E-state index >= 15 is 0 Å². The molecule has 0 aliphatic carbocycles. The first-order valence-corrected chi connectivity index (χ1v) is 7.42. The molecule has 0 spiro atoms. The normalized spacial score (nSPS) is 11.4. The second kappa shape index (κ2) is 7.35. The van der Waals surface area contributed by atoms with Gasteiger partial charge in [0.25, 0.3) is 0 Å². The number of hydrogen-bond donors (Lipinski definition) is 2. The molecule has 1 aromatic carbocycles. The molecule has 0 aliphatic rings. The largest absolute Gasteiger partial charge is 0.396 e. The zero-order valence-electron chi connectivity index (χ0n) is 10.4. The fourth-order valence-corrected chi connectivity index (χ4v) is 2.65. The predicted octanol–water partition coefficient (Wildman–Crippen LogP) is 1.35. The van der Waals surface area contributed by atoms with Crippen molar-refractivity contribution in [3.05, 3.63) is 29.8 Å². The van der Waals surface area contributed by atoms with Gasteiger partial charge in [0, 0.05) is 19.4 Å². The maximum absolute atomic E-state index is 11.7. The lowest BCUT2D eigenvalue weighted by Gasteiger charge is -2.08. The summed E-state index contributed by atoms with van der Waals surface area (Å²) in [6, 6.07) is 7.04. The van der Waals surface area contributed by atoms with Crippen LogP contribution in [0.25, 0.3) is 0 Å². The molecule has 18 heavy (non-hydrogen) atoms. The lowest BCUT2D eigenvalue weighted by molar-refractivity contribution is 0.185. The Hall–Kier alpha value is -1.11. The fourth-order valence-electron chi connectivity index (χ4n) is 1.47. The number of rotatable bonds is 8. The Morgan fingerprint density at radius 2 is 1.89 bits per heavy atom. The van der Waals surface area contributed by atoms with Gasteiger partial charge in [-0.05, 0) is 30.5 Å². The van der Waals surface area contributed by atoms with Crippen LogP contribution in [0.5, 0.6) is 0 Å². The van der Waals surface area contributed by atoms with E-state index in [2.05, 4.69) is 4.72 Å². The molecule has 0 heterocycles. The van der Waals surface area contributed by atoms with Crippen molar-refractivity contribution in [3.8, 4) is 0 Å². The smallest absolute Gasteiger partial charge is 0.232 e. The third-order valence-electron chi connectivity index (χ3n) is 2.36. The van der Waals surface area contributed by atoms with Crippen LogP contribution in [0.15, 0.2) is 24.3 Å². The van der Waals surface area contributed by atoms with Crippen LogP contribution in [0.3, 0.4) is 0 Å². The molecule has 0 amide bonds. The lowest BCUT2D eigenvalue weighted by Crippen LogP contribution is -2.16. The Labute approximate surface area is 108 Å². The number of ether oxygens (including phenoxy) is 1. The summed E-state index contributed by atoms with van der Waals surface area (Å²) < 4.78 is 30.8. The van der Waals surface area contributed by atoms with Gasteiger partial charge in [-0.2, -0.15) is 0 Å². The summed E-state index contributed by atoms with van der Waals surface area (Å²) in [6.07, 6.45) is 0.946. The Morgan fingerprint density at radius 1 is 1.22 bits per heavy atom. The highest BCUT2D eigenvalue weighted by atomic mass is 32.2. The van der Waals surface area contributed by atoms with Crippen LogP contribution in [0, 0.1) is 0 Å². The van der Waals surface area contributed by atoms with Crippen molar-refractivity contribution in [2.45, 2.75) is 19.4 Å². The van der Waals surface area contributed by atoms with Crippen molar-refractivity contribution in [1.82, 2.24) is 0 Å². The number of anilines is 1. The van der Waals surface area contributed by atoms with E-state index in [1.807, 2.05) is 12.1 Å². The topological polar surface area (TPSA) is 75.6 Å². The number of hydrogen-bond acceptors (Lipinski definition) is 4. The van der Waals surface area contributed by atoms with Crippen LogP contribution in [-0.4, -0.2) is 33.0 Å². The summed E-state index contributed by atoms with van der Waals surface area (Å²) in [6.45, 7) is 0.519.